The third kappa shape index (κ3) is 7.22. The van der Waals surface area contributed by atoms with Crippen LogP contribution < -0.4 is 4.74 Å². The van der Waals surface area contributed by atoms with E-state index in [9.17, 15) is 13.2 Å². The van der Waals surface area contributed by atoms with Crippen LogP contribution in [-0.2, 0) is 13.0 Å². The summed E-state index contributed by atoms with van der Waals surface area (Å²) in [6.07, 6.45) is 0.287. The number of hydrogen-bond acceptors (Lipinski definition) is 3. The summed E-state index contributed by atoms with van der Waals surface area (Å²) >= 11 is 6.11. The normalized spacial score (nSPS) is 13.0. The van der Waals surface area contributed by atoms with E-state index in [1.165, 1.54) is 18.2 Å². The van der Waals surface area contributed by atoms with E-state index in [1.54, 1.807) is 6.20 Å². The molecule has 1 heterocycles. The third-order valence-electron chi connectivity index (χ3n) is 3.96. The van der Waals surface area contributed by atoms with Crippen molar-refractivity contribution in [3.05, 3.63) is 58.9 Å². The van der Waals surface area contributed by atoms with Crippen molar-refractivity contribution < 1.29 is 17.9 Å². The quantitative estimate of drug-likeness (QED) is 0.612. The number of halogens is 4. The Balaban J connectivity index is 1.86. The fraction of sp³-hybridized carbons (Fsp3) is 0.421. The van der Waals surface area contributed by atoms with Gasteiger partial charge in [0.1, 0.15) is 5.75 Å². The van der Waals surface area contributed by atoms with Gasteiger partial charge in [-0.3, -0.25) is 4.98 Å². The Bertz CT molecular complexity index is 695. The van der Waals surface area contributed by atoms with E-state index in [1.807, 2.05) is 25.4 Å². The molecule has 3 nitrogen and oxygen atoms in total. The lowest BCUT2D eigenvalue weighted by atomic mass is 10.00. The van der Waals surface area contributed by atoms with E-state index < -0.39 is 6.36 Å². The van der Waals surface area contributed by atoms with Crippen molar-refractivity contribution in [1.82, 2.24) is 9.88 Å². The molecule has 0 saturated heterocycles. The van der Waals surface area contributed by atoms with E-state index in [0.717, 1.165) is 25.1 Å². The molecule has 0 spiro atoms. The third-order valence-corrected chi connectivity index (χ3v) is 4.32. The van der Waals surface area contributed by atoms with Crippen LogP contribution >= 0.6 is 11.6 Å². The molecule has 0 amide bonds. The predicted octanol–water partition coefficient (Wildman–Crippen LogP) is 5.33. The monoisotopic (exact) mass is 386 g/mol. The molecular weight excluding hydrogens is 365 g/mol. The standard InChI is InChI=1S/C19H22ClF3N2O/c1-14(12-25(2)13-15-4-3-9-24-11-15)5-6-16-10-17(7-8-18(16)20)26-19(21,22)23/h3-4,7-11,14H,5-6,12-13H2,1-2H3. The molecule has 1 atom stereocenters. The topological polar surface area (TPSA) is 25.4 Å². The van der Waals surface area contributed by atoms with Crippen molar-refractivity contribution in [1.29, 1.82) is 0 Å². The van der Waals surface area contributed by atoms with Crippen LogP contribution in [0.25, 0.3) is 0 Å². The van der Waals surface area contributed by atoms with Crippen LogP contribution in [0.4, 0.5) is 13.2 Å². The highest BCUT2D eigenvalue weighted by atomic mass is 35.5. The van der Waals surface area contributed by atoms with Crippen LogP contribution in [0.15, 0.2) is 42.7 Å². The maximum absolute atomic E-state index is 12.3. The van der Waals surface area contributed by atoms with Gasteiger partial charge in [0, 0.05) is 30.5 Å². The lowest BCUT2D eigenvalue weighted by Crippen LogP contribution is -2.24. The summed E-state index contributed by atoms with van der Waals surface area (Å²) in [5, 5.41) is 0.454. The summed E-state index contributed by atoms with van der Waals surface area (Å²) in [6.45, 7) is 3.78. The van der Waals surface area contributed by atoms with Gasteiger partial charge in [0.2, 0.25) is 0 Å². The number of nitrogens with zero attached hydrogens (tertiary/aromatic N) is 2. The van der Waals surface area contributed by atoms with E-state index in [0.29, 0.717) is 22.9 Å². The summed E-state index contributed by atoms with van der Waals surface area (Å²) in [7, 11) is 2.04. The van der Waals surface area contributed by atoms with Crippen LogP contribution in [0.1, 0.15) is 24.5 Å². The Morgan fingerprint density at radius 3 is 2.69 bits per heavy atom. The molecule has 2 aromatic rings. The van der Waals surface area contributed by atoms with E-state index in [4.69, 9.17) is 11.6 Å². The summed E-state index contributed by atoms with van der Waals surface area (Å²) in [5.41, 5.74) is 1.80. The summed E-state index contributed by atoms with van der Waals surface area (Å²) < 4.78 is 41.0. The Hall–Kier alpha value is -1.79. The second kappa shape index (κ2) is 9.24. The molecule has 0 saturated carbocycles. The first kappa shape index (κ1) is 20.5. The van der Waals surface area contributed by atoms with Crippen molar-refractivity contribution >= 4 is 11.6 Å². The number of aryl methyl sites for hydroxylation is 1. The molecular formula is C19H22ClF3N2O. The SMILES string of the molecule is CC(CCc1cc(OC(F)(F)F)ccc1Cl)CN(C)Cc1cccnc1. The van der Waals surface area contributed by atoms with Crippen LogP contribution in [0.3, 0.4) is 0 Å². The number of rotatable bonds is 8. The zero-order chi connectivity index (χ0) is 19.2. The summed E-state index contributed by atoms with van der Waals surface area (Å²) in [5.74, 6) is 0.123. The van der Waals surface area contributed by atoms with E-state index in [2.05, 4.69) is 21.5 Å². The molecule has 7 heteroatoms. The highest BCUT2D eigenvalue weighted by Gasteiger charge is 2.31. The predicted molar refractivity (Wildman–Crippen MR) is 96.2 cm³/mol. The second-order valence-corrected chi connectivity index (χ2v) is 6.91. The highest BCUT2D eigenvalue weighted by Crippen LogP contribution is 2.28. The smallest absolute Gasteiger partial charge is 0.406 e. The molecule has 26 heavy (non-hydrogen) atoms. The van der Waals surface area contributed by atoms with Crippen molar-refractivity contribution in [2.75, 3.05) is 13.6 Å². The fourth-order valence-electron chi connectivity index (χ4n) is 2.83. The number of benzene rings is 1. The Labute approximate surface area is 156 Å². The van der Waals surface area contributed by atoms with Crippen molar-refractivity contribution in [2.45, 2.75) is 32.7 Å². The number of hydrogen-bond donors (Lipinski definition) is 0. The van der Waals surface area contributed by atoms with Gasteiger partial charge in [0.25, 0.3) is 0 Å². The van der Waals surface area contributed by atoms with Gasteiger partial charge in [-0.05, 0) is 61.2 Å². The molecule has 1 aromatic carbocycles. The number of alkyl halides is 3. The molecule has 0 N–H and O–H groups in total. The molecule has 0 aliphatic carbocycles. The maximum Gasteiger partial charge on any atom is 0.573 e. The van der Waals surface area contributed by atoms with Crippen LogP contribution in [-0.4, -0.2) is 29.8 Å². The maximum atomic E-state index is 12.3. The van der Waals surface area contributed by atoms with Gasteiger partial charge < -0.3 is 9.64 Å². The van der Waals surface area contributed by atoms with Gasteiger partial charge in [-0.1, -0.05) is 24.6 Å². The molecule has 0 radical (unpaired) electrons. The van der Waals surface area contributed by atoms with Crippen molar-refractivity contribution in [2.24, 2.45) is 5.92 Å². The molecule has 1 unspecified atom stereocenters. The van der Waals surface area contributed by atoms with E-state index in [-0.39, 0.29) is 5.75 Å². The van der Waals surface area contributed by atoms with Gasteiger partial charge in [-0.2, -0.15) is 0 Å². The lowest BCUT2D eigenvalue weighted by Gasteiger charge is -2.21. The Morgan fingerprint density at radius 1 is 1.27 bits per heavy atom. The molecule has 142 valence electrons. The summed E-state index contributed by atoms with van der Waals surface area (Å²) in [4.78, 5) is 6.30. The largest absolute Gasteiger partial charge is 0.573 e. The van der Waals surface area contributed by atoms with Crippen LogP contribution in [0.5, 0.6) is 5.75 Å². The minimum absolute atomic E-state index is 0.238. The molecule has 2 rings (SSSR count). The van der Waals surface area contributed by atoms with Gasteiger partial charge in [0.15, 0.2) is 0 Å². The van der Waals surface area contributed by atoms with Crippen molar-refractivity contribution in [3.8, 4) is 5.75 Å². The zero-order valence-electron chi connectivity index (χ0n) is 14.8. The first-order valence-corrected chi connectivity index (χ1v) is 8.72. The van der Waals surface area contributed by atoms with Gasteiger partial charge in [0.05, 0.1) is 0 Å². The number of aromatic nitrogens is 1. The average molecular weight is 387 g/mol. The lowest BCUT2D eigenvalue weighted by molar-refractivity contribution is -0.274. The first-order valence-electron chi connectivity index (χ1n) is 8.34. The second-order valence-electron chi connectivity index (χ2n) is 6.50. The Kier molecular flexibility index (Phi) is 7.29. The first-order chi connectivity index (χ1) is 12.2. The minimum Gasteiger partial charge on any atom is -0.406 e. The minimum atomic E-state index is -4.70. The van der Waals surface area contributed by atoms with Gasteiger partial charge in [-0.15, -0.1) is 13.2 Å². The highest BCUT2D eigenvalue weighted by molar-refractivity contribution is 6.31. The summed E-state index contributed by atoms with van der Waals surface area (Å²) in [6, 6.07) is 7.97. The molecule has 0 fully saturated rings. The molecule has 0 aliphatic heterocycles. The van der Waals surface area contributed by atoms with Crippen molar-refractivity contribution in [3.63, 3.8) is 0 Å². The van der Waals surface area contributed by atoms with Crippen LogP contribution in [0, 0.1) is 5.92 Å². The van der Waals surface area contributed by atoms with Gasteiger partial charge >= 0.3 is 6.36 Å². The van der Waals surface area contributed by atoms with Gasteiger partial charge in [-0.25, -0.2) is 0 Å². The molecule has 0 aliphatic rings. The molecule has 0 bridgehead atoms. The van der Waals surface area contributed by atoms with Crippen LogP contribution in [0.2, 0.25) is 5.02 Å². The Morgan fingerprint density at radius 2 is 2.04 bits per heavy atom. The average Bonchev–Trinajstić information content (AvgIpc) is 2.55. The zero-order valence-corrected chi connectivity index (χ0v) is 15.5. The van der Waals surface area contributed by atoms with E-state index >= 15 is 0 Å². The fourth-order valence-corrected chi connectivity index (χ4v) is 3.04. The number of ether oxygens (including phenoxy) is 1. The molecule has 1 aromatic heterocycles. The number of pyridine rings is 1.